The lowest BCUT2D eigenvalue weighted by atomic mass is 10.2. The molecule has 1 aromatic carbocycles. The minimum absolute atomic E-state index is 0.109. The Balaban J connectivity index is 2.08. The van der Waals surface area contributed by atoms with E-state index in [1.807, 2.05) is 0 Å². The van der Waals surface area contributed by atoms with Gasteiger partial charge in [0.05, 0.1) is 15.7 Å². The number of hydrogen-bond donors (Lipinski definition) is 2. The molecule has 4 nitrogen and oxygen atoms in total. The maximum absolute atomic E-state index is 11.8. The number of rotatable bonds is 2. The molecule has 2 amide bonds. The molecule has 1 unspecified atom stereocenters. The number of hydrogen-bond acceptors (Lipinski definition) is 2. The summed E-state index contributed by atoms with van der Waals surface area (Å²) < 4.78 is 0. The Morgan fingerprint density at radius 2 is 2.18 bits per heavy atom. The molecule has 1 aliphatic rings. The molecule has 1 heterocycles. The van der Waals surface area contributed by atoms with Gasteiger partial charge in [-0.1, -0.05) is 29.3 Å². The highest BCUT2D eigenvalue weighted by atomic mass is 35.5. The Morgan fingerprint density at radius 3 is 2.82 bits per heavy atom. The average Bonchev–Trinajstić information content (AvgIpc) is 2.72. The molecule has 0 bridgehead atoms. The van der Waals surface area contributed by atoms with Crippen LogP contribution in [0.1, 0.15) is 12.8 Å². The summed E-state index contributed by atoms with van der Waals surface area (Å²) in [6.07, 6.45) is 0.879. The fraction of sp³-hybridized carbons (Fsp3) is 0.273. The van der Waals surface area contributed by atoms with Gasteiger partial charge in [0.15, 0.2) is 0 Å². The van der Waals surface area contributed by atoms with E-state index in [0.29, 0.717) is 28.6 Å². The minimum Gasteiger partial charge on any atom is -0.344 e. The van der Waals surface area contributed by atoms with Crippen molar-refractivity contribution < 1.29 is 9.59 Å². The molecule has 0 radical (unpaired) electrons. The van der Waals surface area contributed by atoms with Crippen LogP contribution in [0, 0.1) is 0 Å². The standard InChI is InChI=1S/C11H10Cl2N2O2/c12-6-2-1-3-7(10(6)13)15-11(17)8-4-5-9(16)14-8/h1-3,8H,4-5H2,(H,14,16)(H,15,17). The monoisotopic (exact) mass is 272 g/mol. The van der Waals surface area contributed by atoms with Gasteiger partial charge >= 0.3 is 0 Å². The topological polar surface area (TPSA) is 58.2 Å². The molecule has 1 aliphatic heterocycles. The Kier molecular flexibility index (Phi) is 3.54. The van der Waals surface area contributed by atoms with Crippen LogP contribution in [0.3, 0.4) is 0 Å². The first-order valence-electron chi connectivity index (χ1n) is 5.12. The molecule has 90 valence electrons. The summed E-state index contributed by atoms with van der Waals surface area (Å²) in [6, 6.07) is 4.49. The predicted molar refractivity (Wildman–Crippen MR) is 66.3 cm³/mol. The largest absolute Gasteiger partial charge is 0.344 e. The van der Waals surface area contributed by atoms with Gasteiger partial charge in [-0.2, -0.15) is 0 Å². The second-order valence-electron chi connectivity index (χ2n) is 3.75. The molecule has 0 aromatic heterocycles. The number of nitrogens with one attached hydrogen (secondary N) is 2. The van der Waals surface area contributed by atoms with Crippen molar-refractivity contribution in [2.24, 2.45) is 0 Å². The third kappa shape index (κ3) is 2.70. The SMILES string of the molecule is O=C1CCC(C(=O)Nc2cccc(Cl)c2Cl)N1. The van der Waals surface area contributed by atoms with Crippen molar-refractivity contribution in [3.8, 4) is 0 Å². The second-order valence-corrected chi connectivity index (χ2v) is 4.53. The lowest BCUT2D eigenvalue weighted by molar-refractivity contribution is -0.122. The van der Waals surface area contributed by atoms with Gasteiger partial charge in [0.1, 0.15) is 6.04 Å². The minimum atomic E-state index is -0.488. The van der Waals surface area contributed by atoms with Gasteiger partial charge < -0.3 is 10.6 Å². The van der Waals surface area contributed by atoms with Crippen LogP contribution in [0.4, 0.5) is 5.69 Å². The van der Waals surface area contributed by atoms with Crippen molar-refractivity contribution in [2.75, 3.05) is 5.32 Å². The molecule has 2 rings (SSSR count). The van der Waals surface area contributed by atoms with Crippen molar-refractivity contribution in [1.29, 1.82) is 0 Å². The first-order valence-corrected chi connectivity index (χ1v) is 5.88. The first-order chi connectivity index (χ1) is 8.08. The lowest BCUT2D eigenvalue weighted by Crippen LogP contribution is -2.37. The normalized spacial score (nSPS) is 18.9. The molecule has 17 heavy (non-hydrogen) atoms. The lowest BCUT2D eigenvalue weighted by Gasteiger charge is -2.12. The van der Waals surface area contributed by atoms with Crippen molar-refractivity contribution in [3.63, 3.8) is 0 Å². The summed E-state index contributed by atoms with van der Waals surface area (Å²) in [5.41, 5.74) is 0.449. The van der Waals surface area contributed by atoms with E-state index in [2.05, 4.69) is 10.6 Å². The van der Waals surface area contributed by atoms with Crippen LogP contribution in [0.5, 0.6) is 0 Å². The first kappa shape index (κ1) is 12.2. The van der Waals surface area contributed by atoms with E-state index in [0.717, 1.165) is 0 Å². The van der Waals surface area contributed by atoms with Gasteiger partial charge in [0.25, 0.3) is 0 Å². The van der Waals surface area contributed by atoms with Crippen LogP contribution in [-0.2, 0) is 9.59 Å². The summed E-state index contributed by atoms with van der Waals surface area (Å²) >= 11 is 11.8. The van der Waals surface area contributed by atoms with E-state index in [9.17, 15) is 9.59 Å². The van der Waals surface area contributed by atoms with Crippen LogP contribution in [-0.4, -0.2) is 17.9 Å². The number of carbonyl (C=O) groups is 2. The van der Waals surface area contributed by atoms with E-state index in [1.165, 1.54) is 0 Å². The van der Waals surface area contributed by atoms with Crippen LogP contribution in [0.2, 0.25) is 10.0 Å². The fourth-order valence-electron chi connectivity index (χ4n) is 1.63. The molecule has 1 atom stereocenters. The van der Waals surface area contributed by atoms with E-state index in [1.54, 1.807) is 18.2 Å². The quantitative estimate of drug-likeness (QED) is 0.867. The zero-order valence-electron chi connectivity index (χ0n) is 8.80. The van der Waals surface area contributed by atoms with E-state index in [-0.39, 0.29) is 11.8 Å². The second kappa shape index (κ2) is 4.94. The maximum Gasteiger partial charge on any atom is 0.247 e. The molecular weight excluding hydrogens is 263 g/mol. The van der Waals surface area contributed by atoms with Crippen LogP contribution < -0.4 is 10.6 Å². The van der Waals surface area contributed by atoms with E-state index >= 15 is 0 Å². The summed E-state index contributed by atoms with van der Waals surface area (Å²) in [7, 11) is 0. The van der Waals surface area contributed by atoms with Crippen molar-refractivity contribution >= 4 is 40.7 Å². The van der Waals surface area contributed by atoms with Crippen LogP contribution in [0.15, 0.2) is 18.2 Å². The zero-order chi connectivity index (χ0) is 12.4. The number of amides is 2. The van der Waals surface area contributed by atoms with Gasteiger partial charge in [-0.05, 0) is 18.6 Å². The molecule has 6 heteroatoms. The number of halogens is 2. The van der Waals surface area contributed by atoms with Crippen LogP contribution in [0.25, 0.3) is 0 Å². The molecule has 1 fully saturated rings. The summed E-state index contributed by atoms with van der Waals surface area (Å²) in [5, 5.41) is 5.90. The summed E-state index contributed by atoms with van der Waals surface area (Å²) in [4.78, 5) is 22.8. The third-order valence-electron chi connectivity index (χ3n) is 2.52. The fourth-order valence-corrected chi connectivity index (χ4v) is 1.98. The Bertz CT molecular complexity index is 477. The molecule has 0 aliphatic carbocycles. The van der Waals surface area contributed by atoms with Crippen molar-refractivity contribution in [3.05, 3.63) is 28.2 Å². The number of anilines is 1. The van der Waals surface area contributed by atoms with Crippen molar-refractivity contribution in [1.82, 2.24) is 5.32 Å². The third-order valence-corrected chi connectivity index (χ3v) is 3.34. The van der Waals surface area contributed by atoms with Gasteiger partial charge in [0, 0.05) is 6.42 Å². The smallest absolute Gasteiger partial charge is 0.247 e. The Labute approximate surface area is 108 Å². The van der Waals surface area contributed by atoms with Gasteiger partial charge in [-0.3, -0.25) is 9.59 Å². The predicted octanol–water partition coefficient (Wildman–Crippen LogP) is 2.21. The molecule has 1 aromatic rings. The number of carbonyl (C=O) groups excluding carboxylic acids is 2. The van der Waals surface area contributed by atoms with Gasteiger partial charge in [0.2, 0.25) is 11.8 Å². The Hall–Kier alpha value is -1.26. The highest BCUT2D eigenvalue weighted by Gasteiger charge is 2.27. The Morgan fingerprint density at radius 1 is 1.41 bits per heavy atom. The van der Waals surface area contributed by atoms with E-state index < -0.39 is 6.04 Å². The highest BCUT2D eigenvalue weighted by Crippen LogP contribution is 2.29. The van der Waals surface area contributed by atoms with Crippen LogP contribution >= 0.6 is 23.2 Å². The van der Waals surface area contributed by atoms with Gasteiger partial charge in [-0.25, -0.2) is 0 Å². The molecule has 0 spiro atoms. The zero-order valence-corrected chi connectivity index (χ0v) is 10.3. The molecule has 2 N–H and O–H groups in total. The molecule has 0 saturated carbocycles. The van der Waals surface area contributed by atoms with Gasteiger partial charge in [-0.15, -0.1) is 0 Å². The highest BCUT2D eigenvalue weighted by molar-refractivity contribution is 6.44. The maximum atomic E-state index is 11.8. The summed E-state index contributed by atoms with van der Waals surface area (Å²) in [6.45, 7) is 0. The average molecular weight is 273 g/mol. The molecular formula is C11H10Cl2N2O2. The number of benzene rings is 1. The molecule has 1 saturated heterocycles. The summed E-state index contributed by atoms with van der Waals surface area (Å²) in [5.74, 6) is -0.387. The van der Waals surface area contributed by atoms with E-state index in [4.69, 9.17) is 23.2 Å². The van der Waals surface area contributed by atoms with Crippen molar-refractivity contribution in [2.45, 2.75) is 18.9 Å².